The fourth-order valence-electron chi connectivity index (χ4n) is 2.45. The van der Waals surface area contributed by atoms with Crippen molar-refractivity contribution < 1.29 is 25.2 Å². The van der Waals surface area contributed by atoms with Crippen molar-refractivity contribution in [2.24, 2.45) is 0 Å². The normalized spacial score (nSPS) is 9.84. The van der Waals surface area contributed by atoms with Gasteiger partial charge in [0.05, 0.1) is 22.5 Å². The molecule has 31 heavy (non-hydrogen) atoms. The molecule has 11 heteroatoms. The molecule has 0 saturated heterocycles. The van der Waals surface area contributed by atoms with Crippen LogP contribution in [0, 0.1) is 20.2 Å². The zero-order chi connectivity index (χ0) is 22.8. The highest BCUT2D eigenvalue weighted by Crippen LogP contribution is 2.28. The van der Waals surface area contributed by atoms with Crippen LogP contribution in [-0.4, -0.2) is 38.3 Å². The van der Waals surface area contributed by atoms with Gasteiger partial charge in [0.15, 0.2) is 0 Å². The number of aliphatic hydroxyl groups is 1. The van der Waals surface area contributed by atoms with E-state index in [1.54, 1.807) is 30.3 Å². The van der Waals surface area contributed by atoms with Crippen molar-refractivity contribution in [1.29, 1.82) is 0 Å². The molecule has 3 aromatic carbocycles. The van der Waals surface area contributed by atoms with Crippen molar-refractivity contribution >= 4 is 28.4 Å². The van der Waals surface area contributed by atoms with Gasteiger partial charge in [-0.1, -0.05) is 12.1 Å². The van der Waals surface area contributed by atoms with E-state index >= 15 is 0 Å². The predicted octanol–water partition coefficient (Wildman–Crippen LogP) is 3.75. The van der Waals surface area contributed by atoms with E-state index < -0.39 is 9.85 Å². The molecule has 0 atom stereocenters. The van der Waals surface area contributed by atoms with Gasteiger partial charge in [0.1, 0.15) is 22.9 Å². The Hall–Kier alpha value is -4.38. The van der Waals surface area contributed by atoms with Crippen LogP contribution in [0.2, 0.25) is 0 Å². The quantitative estimate of drug-likeness (QED) is 0.213. The first-order valence-corrected chi connectivity index (χ1v) is 8.93. The van der Waals surface area contributed by atoms with Gasteiger partial charge in [-0.15, -0.1) is 0 Å². The number of phenolic OH excluding ortho intramolecular Hbond substituents is 2. The molecule has 0 aliphatic rings. The molecule has 3 aromatic rings. The molecule has 0 saturated carbocycles. The number of anilines is 3. The van der Waals surface area contributed by atoms with Gasteiger partial charge in [0.2, 0.25) is 0 Å². The van der Waals surface area contributed by atoms with Gasteiger partial charge >= 0.3 is 0 Å². The number of rotatable bonds is 7. The van der Waals surface area contributed by atoms with Gasteiger partial charge in [-0.25, -0.2) is 0 Å². The highest BCUT2D eigenvalue weighted by Gasteiger charge is 2.14. The third-order valence-electron chi connectivity index (χ3n) is 3.85. The van der Waals surface area contributed by atoms with Crippen LogP contribution in [0.4, 0.5) is 28.4 Å². The summed E-state index contributed by atoms with van der Waals surface area (Å²) >= 11 is 0. The lowest BCUT2D eigenvalue weighted by molar-refractivity contribution is -0.384. The Kier molecular flexibility index (Phi) is 8.11. The SMILES string of the molecule is O=[N+]([O-])c1cc(O)ccc1NCCO.O=[N+]([O-])c1ccccc1Nc1ccc(O)cc1. The lowest BCUT2D eigenvalue weighted by Gasteiger charge is -2.06. The van der Waals surface area contributed by atoms with Gasteiger partial charge in [0.25, 0.3) is 11.4 Å². The Labute approximate surface area is 176 Å². The minimum Gasteiger partial charge on any atom is -0.508 e. The molecule has 0 heterocycles. The maximum atomic E-state index is 10.8. The second-order valence-corrected chi connectivity index (χ2v) is 6.06. The number of nitro benzene ring substituents is 2. The summed E-state index contributed by atoms with van der Waals surface area (Å²) in [7, 11) is 0. The van der Waals surface area contributed by atoms with Crippen molar-refractivity contribution in [2.75, 3.05) is 23.8 Å². The number of hydrogen-bond acceptors (Lipinski definition) is 9. The number of aromatic hydroxyl groups is 2. The molecule has 0 spiro atoms. The van der Waals surface area contributed by atoms with E-state index in [-0.39, 0.29) is 41.7 Å². The minimum atomic E-state index is -0.598. The molecule has 162 valence electrons. The number of phenols is 2. The fraction of sp³-hybridized carbons (Fsp3) is 0.100. The van der Waals surface area contributed by atoms with Gasteiger partial charge in [-0.2, -0.15) is 0 Å². The van der Waals surface area contributed by atoms with Crippen LogP contribution in [0.15, 0.2) is 66.7 Å². The smallest absolute Gasteiger partial charge is 0.296 e. The van der Waals surface area contributed by atoms with Gasteiger partial charge < -0.3 is 26.0 Å². The fourth-order valence-corrected chi connectivity index (χ4v) is 2.45. The van der Waals surface area contributed by atoms with Crippen molar-refractivity contribution in [3.63, 3.8) is 0 Å². The van der Waals surface area contributed by atoms with Crippen molar-refractivity contribution in [3.05, 3.63) is 87.0 Å². The van der Waals surface area contributed by atoms with Gasteiger partial charge in [-0.05, 0) is 42.5 Å². The first-order valence-electron chi connectivity index (χ1n) is 8.93. The number of para-hydroxylation sites is 2. The summed E-state index contributed by atoms with van der Waals surface area (Å²) in [5.41, 5.74) is 1.18. The van der Waals surface area contributed by atoms with Crippen LogP contribution in [0.1, 0.15) is 0 Å². The van der Waals surface area contributed by atoms with E-state index in [1.807, 2.05) is 0 Å². The zero-order valence-corrected chi connectivity index (χ0v) is 16.1. The van der Waals surface area contributed by atoms with E-state index in [1.165, 1.54) is 30.3 Å². The summed E-state index contributed by atoms with van der Waals surface area (Å²) < 4.78 is 0. The molecule has 0 aromatic heterocycles. The third kappa shape index (κ3) is 6.87. The van der Waals surface area contributed by atoms with Crippen molar-refractivity contribution in [2.45, 2.75) is 0 Å². The Morgan fingerprint density at radius 1 is 0.774 bits per heavy atom. The number of benzene rings is 3. The lowest BCUT2D eigenvalue weighted by atomic mass is 10.2. The number of aliphatic hydroxyl groups excluding tert-OH is 1. The van der Waals surface area contributed by atoms with E-state index in [0.717, 1.165) is 6.07 Å². The number of nitrogens with zero attached hydrogens (tertiary/aromatic N) is 2. The van der Waals surface area contributed by atoms with Crippen molar-refractivity contribution in [3.8, 4) is 11.5 Å². The zero-order valence-electron chi connectivity index (χ0n) is 16.1. The third-order valence-corrected chi connectivity index (χ3v) is 3.85. The molecule has 3 rings (SSSR count). The molecule has 0 amide bonds. The monoisotopic (exact) mass is 428 g/mol. The number of nitro groups is 2. The largest absolute Gasteiger partial charge is 0.508 e. The summed E-state index contributed by atoms with van der Waals surface area (Å²) in [4.78, 5) is 20.3. The maximum Gasteiger partial charge on any atom is 0.296 e. The second kappa shape index (κ2) is 11.0. The van der Waals surface area contributed by atoms with Crippen LogP contribution < -0.4 is 10.6 Å². The minimum absolute atomic E-state index is 0.0144. The summed E-state index contributed by atoms with van der Waals surface area (Å²) in [6.45, 7) is 0.115. The molecule has 0 fully saturated rings. The first-order chi connectivity index (χ1) is 14.8. The molecule has 0 radical (unpaired) electrons. The van der Waals surface area contributed by atoms with Crippen molar-refractivity contribution in [1.82, 2.24) is 0 Å². The molecule has 0 aliphatic heterocycles. The summed E-state index contributed by atoms with van der Waals surface area (Å²) in [6.07, 6.45) is 0. The average Bonchev–Trinajstić information content (AvgIpc) is 2.75. The molecular weight excluding hydrogens is 408 g/mol. The van der Waals surface area contributed by atoms with Crippen LogP contribution in [0.5, 0.6) is 11.5 Å². The van der Waals surface area contributed by atoms with Crippen LogP contribution in [0.25, 0.3) is 0 Å². The van der Waals surface area contributed by atoms with Crippen LogP contribution in [-0.2, 0) is 0 Å². The highest BCUT2D eigenvalue weighted by molar-refractivity contribution is 5.69. The van der Waals surface area contributed by atoms with E-state index in [4.69, 9.17) is 15.3 Å². The van der Waals surface area contributed by atoms with E-state index in [2.05, 4.69) is 10.6 Å². The Balaban J connectivity index is 0.000000225. The van der Waals surface area contributed by atoms with Gasteiger partial charge in [-0.3, -0.25) is 20.2 Å². The first kappa shape index (κ1) is 22.9. The predicted molar refractivity (Wildman–Crippen MR) is 115 cm³/mol. The lowest BCUT2D eigenvalue weighted by Crippen LogP contribution is -2.07. The molecule has 0 unspecified atom stereocenters. The van der Waals surface area contributed by atoms with Crippen LogP contribution in [0.3, 0.4) is 0 Å². The van der Waals surface area contributed by atoms with E-state index in [9.17, 15) is 20.2 Å². The second-order valence-electron chi connectivity index (χ2n) is 6.06. The van der Waals surface area contributed by atoms with Crippen LogP contribution >= 0.6 is 0 Å². The average molecular weight is 428 g/mol. The Morgan fingerprint density at radius 3 is 2.00 bits per heavy atom. The number of hydrogen-bond donors (Lipinski definition) is 5. The molecular formula is C20H20N4O7. The summed E-state index contributed by atoms with van der Waals surface area (Å²) in [5, 5.41) is 53.6. The Bertz CT molecular complexity index is 1040. The molecule has 5 N–H and O–H groups in total. The highest BCUT2D eigenvalue weighted by atomic mass is 16.6. The molecule has 11 nitrogen and oxygen atoms in total. The summed E-state index contributed by atoms with van der Waals surface area (Å²) in [5.74, 6) is -0.00985. The molecule has 0 bridgehead atoms. The van der Waals surface area contributed by atoms with Gasteiger partial charge in [0, 0.05) is 18.3 Å². The topological polar surface area (TPSA) is 171 Å². The maximum absolute atomic E-state index is 10.8. The summed E-state index contributed by atoms with van der Waals surface area (Å²) in [6, 6.07) is 16.5. The van der Waals surface area contributed by atoms with E-state index in [0.29, 0.717) is 11.4 Å². The standard InChI is InChI=1S/C12H10N2O3.C8H10N2O4/c15-10-7-5-9(6-8-10)13-11-3-1-2-4-12(11)14(16)17;11-4-3-9-7-2-1-6(12)5-8(7)10(13)14/h1-8,13,15H;1-2,5,9,11-12H,3-4H2. The molecule has 0 aliphatic carbocycles. The number of nitrogens with one attached hydrogen (secondary N) is 2. The Morgan fingerprint density at radius 2 is 1.39 bits per heavy atom.